The molecule has 6 aromatic rings. The van der Waals surface area contributed by atoms with Gasteiger partial charge in [0.05, 0.1) is 14.2 Å². The molecule has 228 valence electrons. The minimum absolute atomic E-state index is 0.258. The highest BCUT2D eigenvalue weighted by molar-refractivity contribution is 5.63. The van der Waals surface area contributed by atoms with Gasteiger partial charge in [0.2, 0.25) is 0 Å². The molecule has 2 aromatic heterocycles. The van der Waals surface area contributed by atoms with Crippen molar-refractivity contribution in [2.24, 2.45) is 0 Å². The van der Waals surface area contributed by atoms with Gasteiger partial charge in [0.25, 0.3) is 0 Å². The van der Waals surface area contributed by atoms with Gasteiger partial charge in [0, 0.05) is 58.9 Å². The van der Waals surface area contributed by atoms with Crippen molar-refractivity contribution in [3.8, 4) is 34.0 Å². The van der Waals surface area contributed by atoms with Crippen LogP contribution in [-0.4, -0.2) is 24.5 Å². The number of rotatable bonds is 14. The summed E-state index contributed by atoms with van der Waals surface area (Å²) >= 11 is 0. The van der Waals surface area contributed by atoms with Gasteiger partial charge in [-0.3, -0.25) is 0 Å². The van der Waals surface area contributed by atoms with Crippen LogP contribution in [0.25, 0.3) is 22.5 Å². The SMILES string of the molecule is COc1ccccc1CNc1ccc(-c2cc(COCc3cc(-c4ccc(NCc5ccccc5OC)cc4)no3)on2)cc1. The first-order valence-corrected chi connectivity index (χ1v) is 14.6. The second kappa shape index (κ2) is 14.3. The van der Waals surface area contributed by atoms with Gasteiger partial charge >= 0.3 is 0 Å². The van der Waals surface area contributed by atoms with E-state index in [1.165, 1.54) is 0 Å². The molecule has 45 heavy (non-hydrogen) atoms. The van der Waals surface area contributed by atoms with Gasteiger partial charge in [-0.1, -0.05) is 71.0 Å². The van der Waals surface area contributed by atoms with E-state index >= 15 is 0 Å². The van der Waals surface area contributed by atoms with E-state index in [4.69, 9.17) is 23.3 Å². The first-order valence-electron chi connectivity index (χ1n) is 14.6. The molecular formula is C36H34N4O5. The minimum atomic E-state index is 0.258. The van der Waals surface area contributed by atoms with Crippen molar-refractivity contribution in [2.45, 2.75) is 26.3 Å². The predicted molar refractivity (Wildman–Crippen MR) is 173 cm³/mol. The summed E-state index contributed by atoms with van der Waals surface area (Å²) in [5, 5.41) is 15.3. The Kier molecular flexibility index (Phi) is 9.38. The third-order valence-corrected chi connectivity index (χ3v) is 7.32. The molecule has 0 amide bonds. The van der Waals surface area contributed by atoms with E-state index in [-0.39, 0.29) is 13.2 Å². The number of para-hydroxylation sites is 2. The molecule has 0 aliphatic rings. The molecule has 9 nitrogen and oxygen atoms in total. The maximum Gasteiger partial charge on any atom is 0.163 e. The number of hydrogen-bond acceptors (Lipinski definition) is 9. The molecule has 2 N–H and O–H groups in total. The lowest BCUT2D eigenvalue weighted by atomic mass is 10.1. The van der Waals surface area contributed by atoms with E-state index in [2.05, 4.69) is 20.9 Å². The van der Waals surface area contributed by atoms with Crippen LogP contribution >= 0.6 is 0 Å². The van der Waals surface area contributed by atoms with Crippen molar-refractivity contribution in [2.75, 3.05) is 24.9 Å². The highest BCUT2D eigenvalue weighted by Gasteiger charge is 2.11. The Balaban J connectivity index is 0.966. The van der Waals surface area contributed by atoms with E-state index in [0.717, 1.165) is 56.5 Å². The Morgan fingerprint density at radius 1 is 0.556 bits per heavy atom. The van der Waals surface area contributed by atoms with Crippen molar-refractivity contribution in [3.05, 3.63) is 132 Å². The zero-order valence-electron chi connectivity index (χ0n) is 25.2. The van der Waals surface area contributed by atoms with Crippen molar-refractivity contribution in [1.82, 2.24) is 10.3 Å². The van der Waals surface area contributed by atoms with Crippen molar-refractivity contribution >= 4 is 11.4 Å². The second-order valence-corrected chi connectivity index (χ2v) is 10.3. The lowest BCUT2D eigenvalue weighted by Crippen LogP contribution is -2.01. The number of benzene rings is 4. The largest absolute Gasteiger partial charge is 0.496 e. The highest BCUT2D eigenvalue weighted by Crippen LogP contribution is 2.25. The average Bonchev–Trinajstić information content (AvgIpc) is 3.77. The van der Waals surface area contributed by atoms with Crippen molar-refractivity contribution in [1.29, 1.82) is 0 Å². The molecule has 9 heteroatoms. The molecule has 0 saturated heterocycles. The van der Waals surface area contributed by atoms with Crippen LogP contribution < -0.4 is 20.1 Å². The topological polar surface area (TPSA) is 104 Å². The molecule has 0 unspecified atom stereocenters. The van der Waals surface area contributed by atoms with E-state index < -0.39 is 0 Å². The standard InChI is InChI=1S/C36H34N4O5/c1-41-35-9-5-3-7-27(35)21-37-29-15-11-25(12-16-29)33-19-31(44-39-33)23-43-24-32-20-34(40-45-32)26-13-17-30(18-14-26)38-22-28-8-4-6-10-36(28)42-2/h3-20,37-38H,21-24H2,1-2H3. The van der Waals surface area contributed by atoms with Crippen LogP contribution in [0.1, 0.15) is 22.6 Å². The normalized spacial score (nSPS) is 10.9. The van der Waals surface area contributed by atoms with Crippen molar-refractivity contribution < 1.29 is 23.3 Å². The fourth-order valence-corrected chi connectivity index (χ4v) is 4.90. The molecule has 2 heterocycles. The smallest absolute Gasteiger partial charge is 0.163 e. The summed E-state index contributed by atoms with van der Waals surface area (Å²) in [6.07, 6.45) is 0. The number of anilines is 2. The van der Waals surface area contributed by atoms with E-state index in [9.17, 15) is 0 Å². The second-order valence-electron chi connectivity index (χ2n) is 10.3. The van der Waals surface area contributed by atoms with Crippen molar-refractivity contribution in [3.63, 3.8) is 0 Å². The molecule has 0 spiro atoms. The lowest BCUT2D eigenvalue weighted by Gasteiger charge is -2.10. The lowest BCUT2D eigenvalue weighted by molar-refractivity contribution is 0.0727. The summed E-state index contributed by atoms with van der Waals surface area (Å²) < 4.78 is 27.7. The Morgan fingerprint density at radius 3 is 1.40 bits per heavy atom. The van der Waals surface area contributed by atoms with Gasteiger partial charge in [-0.05, 0) is 36.4 Å². The van der Waals surface area contributed by atoms with E-state index in [1.807, 2.05) is 109 Å². The van der Waals surface area contributed by atoms with Crippen LogP contribution in [0, 0.1) is 0 Å². The van der Waals surface area contributed by atoms with Gasteiger partial charge in [-0.15, -0.1) is 0 Å². The van der Waals surface area contributed by atoms with Gasteiger partial charge in [-0.2, -0.15) is 0 Å². The van der Waals surface area contributed by atoms with Gasteiger partial charge in [-0.25, -0.2) is 0 Å². The third kappa shape index (κ3) is 7.52. The first kappa shape index (κ1) is 29.5. The Bertz CT molecular complexity index is 1680. The first-order chi connectivity index (χ1) is 22.2. The molecule has 4 aromatic carbocycles. The van der Waals surface area contributed by atoms with Gasteiger partial charge in [0.1, 0.15) is 36.1 Å². The number of methoxy groups -OCH3 is 2. The molecule has 0 saturated carbocycles. The third-order valence-electron chi connectivity index (χ3n) is 7.32. The maximum absolute atomic E-state index is 5.82. The van der Waals surface area contributed by atoms with Crippen LogP contribution in [0.4, 0.5) is 11.4 Å². The summed E-state index contributed by atoms with van der Waals surface area (Å²) in [6, 6.07) is 35.8. The van der Waals surface area contributed by atoms with Gasteiger partial charge in [0.15, 0.2) is 11.5 Å². The maximum atomic E-state index is 5.82. The molecule has 0 fully saturated rings. The van der Waals surface area contributed by atoms with E-state index in [0.29, 0.717) is 24.6 Å². The number of aromatic nitrogens is 2. The molecule has 6 rings (SSSR count). The zero-order valence-corrected chi connectivity index (χ0v) is 25.2. The quantitative estimate of drug-likeness (QED) is 0.128. The Labute approximate surface area is 261 Å². The predicted octanol–water partition coefficient (Wildman–Crippen LogP) is 7.95. The Morgan fingerprint density at radius 2 is 0.978 bits per heavy atom. The summed E-state index contributed by atoms with van der Waals surface area (Å²) in [4.78, 5) is 0. The highest BCUT2D eigenvalue weighted by atomic mass is 16.5. The fourth-order valence-electron chi connectivity index (χ4n) is 4.90. The Hall–Kier alpha value is -5.54. The summed E-state index contributed by atoms with van der Waals surface area (Å²) in [5.74, 6) is 2.98. The summed E-state index contributed by atoms with van der Waals surface area (Å²) in [5.41, 5.74) is 7.58. The number of nitrogens with zero attached hydrogens (tertiary/aromatic N) is 2. The number of hydrogen-bond donors (Lipinski definition) is 2. The van der Waals surface area contributed by atoms with Crippen LogP contribution in [0.15, 0.2) is 118 Å². The number of nitrogens with one attached hydrogen (secondary N) is 2. The van der Waals surface area contributed by atoms with Crippen LogP contribution in [0.3, 0.4) is 0 Å². The van der Waals surface area contributed by atoms with Crippen LogP contribution in [0.5, 0.6) is 11.5 Å². The van der Waals surface area contributed by atoms with Gasteiger partial charge < -0.3 is 33.9 Å². The summed E-state index contributed by atoms with van der Waals surface area (Å²) in [7, 11) is 3.36. The zero-order chi connectivity index (χ0) is 30.8. The molecule has 0 aliphatic heterocycles. The van der Waals surface area contributed by atoms with Crippen LogP contribution in [-0.2, 0) is 31.0 Å². The minimum Gasteiger partial charge on any atom is -0.496 e. The van der Waals surface area contributed by atoms with Crippen LogP contribution in [0.2, 0.25) is 0 Å². The fraction of sp³-hybridized carbons (Fsp3) is 0.167. The molecule has 0 aliphatic carbocycles. The average molecular weight is 603 g/mol. The summed E-state index contributed by atoms with van der Waals surface area (Å²) in [6.45, 7) is 1.84. The van der Waals surface area contributed by atoms with E-state index in [1.54, 1.807) is 14.2 Å². The monoisotopic (exact) mass is 602 g/mol. The molecule has 0 atom stereocenters. The number of ether oxygens (including phenoxy) is 3. The molecule has 0 bridgehead atoms. The molecular weight excluding hydrogens is 568 g/mol. The molecule has 0 radical (unpaired) electrons.